The predicted octanol–water partition coefficient (Wildman–Crippen LogP) is 0.955. The van der Waals surface area contributed by atoms with Gasteiger partial charge in [0.1, 0.15) is 12.2 Å². The Kier molecular flexibility index (Phi) is 3.90. The number of rotatable bonds is 6. The van der Waals surface area contributed by atoms with Crippen molar-refractivity contribution < 1.29 is 4.74 Å². The molecule has 5 heteroatoms. The Labute approximate surface area is 96.2 Å². The van der Waals surface area contributed by atoms with Gasteiger partial charge in [-0.05, 0) is 26.7 Å². The quantitative estimate of drug-likeness (QED) is 0.782. The molecule has 1 saturated carbocycles. The molecule has 0 spiro atoms. The first kappa shape index (κ1) is 11.5. The highest BCUT2D eigenvalue weighted by molar-refractivity contribution is 4.90. The monoisotopic (exact) mass is 224 g/mol. The first-order valence-corrected chi connectivity index (χ1v) is 6.05. The molecule has 90 valence electrons. The highest BCUT2D eigenvalue weighted by Crippen LogP contribution is 2.23. The smallest absolute Gasteiger partial charge is 0.140 e. The van der Waals surface area contributed by atoms with Gasteiger partial charge in [-0.1, -0.05) is 0 Å². The van der Waals surface area contributed by atoms with Gasteiger partial charge >= 0.3 is 0 Å². The molecule has 1 aliphatic carbocycles. The highest BCUT2D eigenvalue weighted by atomic mass is 16.5. The number of nitrogens with one attached hydrogen (secondary N) is 1. The Hall–Kier alpha value is -0.940. The van der Waals surface area contributed by atoms with Gasteiger partial charge in [0.2, 0.25) is 0 Å². The number of hydrogen-bond acceptors (Lipinski definition) is 4. The van der Waals surface area contributed by atoms with Gasteiger partial charge in [0.05, 0.1) is 12.6 Å². The Bertz CT molecular complexity index is 320. The van der Waals surface area contributed by atoms with Crippen molar-refractivity contribution in [2.24, 2.45) is 0 Å². The summed E-state index contributed by atoms with van der Waals surface area (Å²) in [7, 11) is 0. The molecule has 1 aromatic rings. The van der Waals surface area contributed by atoms with Crippen molar-refractivity contribution in [2.45, 2.75) is 51.9 Å². The van der Waals surface area contributed by atoms with Gasteiger partial charge < -0.3 is 10.1 Å². The van der Waals surface area contributed by atoms with Crippen molar-refractivity contribution in [3.63, 3.8) is 0 Å². The fourth-order valence-electron chi connectivity index (χ4n) is 2.03. The molecular weight excluding hydrogens is 204 g/mol. The van der Waals surface area contributed by atoms with E-state index >= 15 is 0 Å². The molecule has 0 amide bonds. The lowest BCUT2D eigenvalue weighted by molar-refractivity contribution is -0.0104. The Balaban J connectivity index is 1.69. The largest absolute Gasteiger partial charge is 0.378 e. The second-order valence-corrected chi connectivity index (χ2v) is 4.12. The Morgan fingerprint density at radius 1 is 1.50 bits per heavy atom. The summed E-state index contributed by atoms with van der Waals surface area (Å²) >= 11 is 0. The van der Waals surface area contributed by atoms with Gasteiger partial charge in [0.25, 0.3) is 0 Å². The molecular formula is C11H20N4O. The number of aromatic nitrogens is 3. The summed E-state index contributed by atoms with van der Waals surface area (Å²) in [4.78, 5) is 4.23. The molecule has 1 aromatic heterocycles. The van der Waals surface area contributed by atoms with Crippen LogP contribution in [0.1, 0.15) is 32.5 Å². The summed E-state index contributed by atoms with van der Waals surface area (Å²) in [6, 6.07) is 0.582. The standard InChI is InChI=1S/C11H20N4O/c1-3-15-11(13-8-14-15)7-12-9-5-10(6-9)16-4-2/h8-10,12H,3-7H2,1-2H3. The van der Waals surface area contributed by atoms with E-state index in [0.29, 0.717) is 12.1 Å². The van der Waals surface area contributed by atoms with Crippen LogP contribution in [0.4, 0.5) is 0 Å². The lowest BCUT2D eigenvalue weighted by Crippen LogP contribution is -2.45. The van der Waals surface area contributed by atoms with Crippen molar-refractivity contribution >= 4 is 0 Å². The van der Waals surface area contributed by atoms with E-state index in [2.05, 4.69) is 22.3 Å². The minimum Gasteiger partial charge on any atom is -0.378 e. The van der Waals surface area contributed by atoms with Gasteiger partial charge in [-0.15, -0.1) is 0 Å². The van der Waals surface area contributed by atoms with E-state index in [4.69, 9.17) is 4.74 Å². The van der Waals surface area contributed by atoms with Crippen LogP contribution < -0.4 is 5.32 Å². The summed E-state index contributed by atoms with van der Waals surface area (Å²) < 4.78 is 7.44. The van der Waals surface area contributed by atoms with Crippen LogP contribution in [0.25, 0.3) is 0 Å². The third-order valence-corrected chi connectivity index (χ3v) is 3.04. The fraction of sp³-hybridized carbons (Fsp3) is 0.818. The summed E-state index contributed by atoms with van der Waals surface area (Å²) in [5.74, 6) is 1.02. The topological polar surface area (TPSA) is 52.0 Å². The summed E-state index contributed by atoms with van der Waals surface area (Å²) in [6.45, 7) is 6.62. The van der Waals surface area contributed by atoms with Gasteiger partial charge in [-0.3, -0.25) is 0 Å². The molecule has 1 N–H and O–H groups in total. The van der Waals surface area contributed by atoms with Crippen LogP contribution in [0.2, 0.25) is 0 Å². The molecule has 0 radical (unpaired) electrons. The van der Waals surface area contributed by atoms with Gasteiger partial charge in [0.15, 0.2) is 0 Å². The van der Waals surface area contributed by atoms with E-state index in [-0.39, 0.29) is 0 Å². The average molecular weight is 224 g/mol. The molecule has 0 unspecified atom stereocenters. The third-order valence-electron chi connectivity index (χ3n) is 3.04. The second-order valence-electron chi connectivity index (χ2n) is 4.12. The first-order valence-electron chi connectivity index (χ1n) is 6.05. The Morgan fingerprint density at radius 2 is 2.31 bits per heavy atom. The van der Waals surface area contributed by atoms with E-state index in [0.717, 1.165) is 38.4 Å². The molecule has 0 aromatic carbocycles. The van der Waals surface area contributed by atoms with Crippen molar-refractivity contribution in [1.29, 1.82) is 0 Å². The van der Waals surface area contributed by atoms with E-state index in [1.54, 1.807) is 6.33 Å². The number of aryl methyl sites for hydroxylation is 1. The van der Waals surface area contributed by atoms with Crippen LogP contribution >= 0.6 is 0 Å². The molecule has 0 atom stereocenters. The summed E-state index contributed by atoms with van der Waals surface area (Å²) in [5.41, 5.74) is 0. The van der Waals surface area contributed by atoms with Crippen LogP contribution in [0, 0.1) is 0 Å². The van der Waals surface area contributed by atoms with E-state index in [9.17, 15) is 0 Å². The third kappa shape index (κ3) is 2.59. The molecule has 2 rings (SSSR count). The molecule has 1 fully saturated rings. The van der Waals surface area contributed by atoms with E-state index in [1.165, 1.54) is 0 Å². The highest BCUT2D eigenvalue weighted by Gasteiger charge is 2.29. The van der Waals surface area contributed by atoms with Gasteiger partial charge in [-0.25, -0.2) is 9.67 Å². The normalized spacial score (nSPS) is 24.4. The fourth-order valence-corrected chi connectivity index (χ4v) is 2.03. The lowest BCUT2D eigenvalue weighted by Gasteiger charge is -2.35. The van der Waals surface area contributed by atoms with Crippen LogP contribution in [0.15, 0.2) is 6.33 Å². The average Bonchev–Trinajstić information content (AvgIpc) is 2.68. The first-order chi connectivity index (χ1) is 7.83. The minimum atomic E-state index is 0.464. The zero-order valence-corrected chi connectivity index (χ0v) is 10.0. The van der Waals surface area contributed by atoms with Gasteiger partial charge in [-0.2, -0.15) is 5.10 Å². The van der Waals surface area contributed by atoms with Crippen molar-refractivity contribution in [3.8, 4) is 0 Å². The zero-order valence-electron chi connectivity index (χ0n) is 10.0. The molecule has 16 heavy (non-hydrogen) atoms. The second kappa shape index (κ2) is 5.41. The molecule has 0 aliphatic heterocycles. The van der Waals surface area contributed by atoms with Crippen LogP contribution in [0.3, 0.4) is 0 Å². The van der Waals surface area contributed by atoms with Gasteiger partial charge in [0, 0.05) is 19.2 Å². The van der Waals surface area contributed by atoms with E-state index in [1.807, 2.05) is 11.6 Å². The maximum atomic E-state index is 5.52. The van der Waals surface area contributed by atoms with Crippen LogP contribution in [-0.2, 0) is 17.8 Å². The Morgan fingerprint density at radius 3 is 3.00 bits per heavy atom. The van der Waals surface area contributed by atoms with Crippen molar-refractivity contribution in [2.75, 3.05) is 6.61 Å². The molecule has 0 bridgehead atoms. The number of hydrogen-bond donors (Lipinski definition) is 1. The lowest BCUT2D eigenvalue weighted by atomic mass is 9.89. The predicted molar refractivity (Wildman–Crippen MR) is 61.0 cm³/mol. The summed E-state index contributed by atoms with van der Waals surface area (Å²) in [5, 5.41) is 7.62. The molecule has 0 saturated heterocycles. The van der Waals surface area contributed by atoms with Crippen molar-refractivity contribution in [1.82, 2.24) is 20.1 Å². The van der Waals surface area contributed by atoms with E-state index < -0.39 is 0 Å². The maximum Gasteiger partial charge on any atom is 0.140 e. The maximum absolute atomic E-state index is 5.52. The number of nitrogens with zero attached hydrogens (tertiary/aromatic N) is 3. The molecule has 1 aliphatic rings. The van der Waals surface area contributed by atoms with Crippen LogP contribution in [0.5, 0.6) is 0 Å². The molecule has 1 heterocycles. The number of ether oxygens (including phenoxy) is 1. The molecule has 5 nitrogen and oxygen atoms in total. The van der Waals surface area contributed by atoms with Crippen LogP contribution in [-0.4, -0.2) is 33.5 Å². The summed E-state index contributed by atoms with van der Waals surface area (Å²) in [6.07, 6.45) is 4.32. The van der Waals surface area contributed by atoms with Crippen molar-refractivity contribution in [3.05, 3.63) is 12.2 Å². The minimum absolute atomic E-state index is 0.464. The SMILES string of the molecule is CCOC1CC(NCc2ncnn2CC)C1. The zero-order chi connectivity index (χ0) is 11.4.